The van der Waals surface area contributed by atoms with Gasteiger partial charge < -0.3 is 5.32 Å². The Bertz CT molecular complexity index is 962. The van der Waals surface area contributed by atoms with Crippen LogP contribution in [0.3, 0.4) is 0 Å². The molecule has 0 aliphatic heterocycles. The van der Waals surface area contributed by atoms with Gasteiger partial charge in [-0.3, -0.25) is 9.52 Å². The van der Waals surface area contributed by atoms with Crippen molar-refractivity contribution in [3.8, 4) is 0 Å². The van der Waals surface area contributed by atoms with Gasteiger partial charge in [-0.25, -0.2) is 8.42 Å². The molecule has 2 aliphatic rings. The Morgan fingerprint density at radius 3 is 2.48 bits per heavy atom. The number of sulfonamides is 1. The molecule has 3 atom stereocenters. The summed E-state index contributed by atoms with van der Waals surface area (Å²) in [6.07, 6.45) is 4.62. The van der Waals surface area contributed by atoms with Crippen molar-refractivity contribution in [2.75, 3.05) is 4.72 Å². The highest BCUT2D eigenvalue weighted by atomic mass is 35.5. The van der Waals surface area contributed by atoms with Crippen molar-refractivity contribution in [3.63, 3.8) is 0 Å². The largest absolute Gasteiger partial charge is 0.349 e. The molecule has 5 nitrogen and oxygen atoms in total. The molecule has 0 aromatic heterocycles. The van der Waals surface area contributed by atoms with Crippen LogP contribution >= 0.6 is 11.6 Å². The Morgan fingerprint density at radius 1 is 1.04 bits per heavy atom. The molecule has 0 heterocycles. The minimum absolute atomic E-state index is 0.0786. The summed E-state index contributed by atoms with van der Waals surface area (Å²) in [5.74, 6) is 1.02. The van der Waals surface area contributed by atoms with E-state index in [1.807, 2.05) is 0 Å². The number of para-hydroxylation sites is 1. The Morgan fingerprint density at radius 2 is 1.81 bits per heavy atom. The minimum atomic E-state index is -3.90. The number of nitrogens with one attached hydrogen (secondary N) is 2. The van der Waals surface area contributed by atoms with E-state index in [2.05, 4.69) is 10.0 Å². The van der Waals surface area contributed by atoms with Crippen LogP contribution in [0.2, 0.25) is 5.02 Å². The van der Waals surface area contributed by atoms with Gasteiger partial charge in [0.05, 0.1) is 5.02 Å². The quantitative estimate of drug-likeness (QED) is 0.789. The van der Waals surface area contributed by atoms with Gasteiger partial charge in [0.15, 0.2) is 0 Å². The number of carbonyl (C=O) groups is 1. The minimum Gasteiger partial charge on any atom is -0.349 e. The Labute approximate surface area is 164 Å². The van der Waals surface area contributed by atoms with Crippen LogP contribution in [-0.4, -0.2) is 20.4 Å². The maximum absolute atomic E-state index is 12.7. The van der Waals surface area contributed by atoms with E-state index in [-0.39, 0.29) is 21.9 Å². The molecule has 4 rings (SSSR count). The third-order valence-corrected chi connectivity index (χ3v) is 7.43. The summed E-state index contributed by atoms with van der Waals surface area (Å²) in [4.78, 5) is 12.6. The first-order chi connectivity index (χ1) is 12.9. The average Bonchev–Trinajstić information content (AvgIpc) is 3.25. The molecular formula is C20H21ClN2O3S. The van der Waals surface area contributed by atoms with E-state index in [1.54, 1.807) is 36.4 Å². The van der Waals surface area contributed by atoms with Gasteiger partial charge in [-0.15, -0.1) is 0 Å². The first-order valence-electron chi connectivity index (χ1n) is 9.10. The Kier molecular flexibility index (Phi) is 4.86. The third-order valence-electron chi connectivity index (χ3n) is 5.56. The lowest BCUT2D eigenvalue weighted by atomic mass is 9.95. The monoisotopic (exact) mass is 404 g/mol. The molecule has 2 N–H and O–H groups in total. The smallest absolute Gasteiger partial charge is 0.263 e. The standard InChI is InChI=1S/C20H21ClN2O3S/c21-17-9-8-15(20(24)22-18-11-13-6-7-14(18)10-13)12-19(17)27(25,26)23-16-4-2-1-3-5-16/h1-5,8-9,12-14,18,23H,6-7,10-11H2,(H,22,24)/t13-,14+,18-/m0/s1. The number of rotatable bonds is 5. The predicted molar refractivity (Wildman–Crippen MR) is 105 cm³/mol. The molecule has 2 aromatic rings. The molecule has 2 aromatic carbocycles. The van der Waals surface area contributed by atoms with E-state index in [4.69, 9.17) is 11.6 Å². The summed E-state index contributed by atoms with van der Waals surface area (Å²) in [6, 6.07) is 13.1. The molecule has 0 saturated heterocycles. The van der Waals surface area contributed by atoms with Crippen molar-refractivity contribution in [3.05, 3.63) is 59.1 Å². The molecule has 2 aliphatic carbocycles. The van der Waals surface area contributed by atoms with Crippen LogP contribution in [0, 0.1) is 11.8 Å². The lowest BCUT2D eigenvalue weighted by Gasteiger charge is -2.23. The zero-order chi connectivity index (χ0) is 19.0. The summed E-state index contributed by atoms with van der Waals surface area (Å²) >= 11 is 6.12. The molecule has 2 bridgehead atoms. The number of anilines is 1. The van der Waals surface area contributed by atoms with Gasteiger partial charge in [0.1, 0.15) is 4.90 Å². The van der Waals surface area contributed by atoms with Gasteiger partial charge in [-0.2, -0.15) is 0 Å². The second kappa shape index (κ2) is 7.17. The highest BCUT2D eigenvalue weighted by Crippen LogP contribution is 2.44. The van der Waals surface area contributed by atoms with Crippen LogP contribution in [-0.2, 0) is 10.0 Å². The summed E-state index contributed by atoms with van der Waals surface area (Å²) in [5, 5.41) is 3.16. The Hall–Kier alpha value is -2.05. The maximum atomic E-state index is 12.7. The van der Waals surface area contributed by atoms with Crippen molar-refractivity contribution in [2.24, 2.45) is 11.8 Å². The van der Waals surface area contributed by atoms with Gasteiger partial charge >= 0.3 is 0 Å². The SMILES string of the molecule is O=C(N[C@H]1C[C@H]2CC[C@@H]1C2)c1ccc(Cl)c(S(=O)(=O)Nc2ccccc2)c1. The van der Waals surface area contributed by atoms with Gasteiger partial charge in [0.25, 0.3) is 15.9 Å². The number of hydrogen-bond donors (Lipinski definition) is 2. The van der Waals surface area contributed by atoms with Gasteiger partial charge in [-0.05, 0) is 61.4 Å². The lowest BCUT2D eigenvalue weighted by Crippen LogP contribution is -2.38. The first-order valence-corrected chi connectivity index (χ1v) is 11.0. The van der Waals surface area contributed by atoms with Gasteiger partial charge in [-0.1, -0.05) is 36.2 Å². The normalized spacial score (nSPS) is 24.0. The number of hydrogen-bond acceptors (Lipinski definition) is 3. The lowest BCUT2D eigenvalue weighted by molar-refractivity contribution is 0.0922. The maximum Gasteiger partial charge on any atom is 0.263 e. The molecular weight excluding hydrogens is 384 g/mol. The molecule has 27 heavy (non-hydrogen) atoms. The second-order valence-corrected chi connectivity index (χ2v) is 9.43. The fourth-order valence-corrected chi connectivity index (χ4v) is 5.83. The van der Waals surface area contributed by atoms with E-state index in [0.717, 1.165) is 18.8 Å². The summed E-state index contributed by atoms with van der Waals surface area (Å²) in [6.45, 7) is 0. The number of carbonyl (C=O) groups excluding carboxylic acids is 1. The van der Waals surface area contributed by atoms with E-state index in [9.17, 15) is 13.2 Å². The van der Waals surface area contributed by atoms with Crippen LogP contribution in [0.5, 0.6) is 0 Å². The highest BCUT2D eigenvalue weighted by molar-refractivity contribution is 7.92. The van der Waals surface area contributed by atoms with Crippen molar-refractivity contribution in [2.45, 2.75) is 36.6 Å². The van der Waals surface area contributed by atoms with Crippen LogP contribution in [0.25, 0.3) is 0 Å². The topological polar surface area (TPSA) is 75.3 Å². The van der Waals surface area contributed by atoms with Crippen LogP contribution in [0.1, 0.15) is 36.0 Å². The molecule has 0 unspecified atom stereocenters. The van der Waals surface area contributed by atoms with E-state index < -0.39 is 10.0 Å². The highest BCUT2D eigenvalue weighted by Gasteiger charge is 2.40. The van der Waals surface area contributed by atoms with E-state index >= 15 is 0 Å². The van der Waals surface area contributed by atoms with Crippen molar-refractivity contribution in [1.29, 1.82) is 0 Å². The fourth-order valence-electron chi connectivity index (χ4n) is 4.24. The van der Waals surface area contributed by atoms with Crippen molar-refractivity contribution >= 4 is 33.2 Å². The zero-order valence-electron chi connectivity index (χ0n) is 14.7. The average molecular weight is 405 g/mol. The van der Waals surface area contributed by atoms with Gasteiger partial charge in [0, 0.05) is 17.3 Å². The van der Waals surface area contributed by atoms with Crippen LogP contribution in [0.4, 0.5) is 5.69 Å². The van der Waals surface area contributed by atoms with Crippen molar-refractivity contribution in [1.82, 2.24) is 5.32 Å². The Balaban J connectivity index is 1.55. The predicted octanol–water partition coefficient (Wildman–Crippen LogP) is 4.06. The number of amides is 1. The zero-order valence-corrected chi connectivity index (χ0v) is 16.3. The summed E-state index contributed by atoms with van der Waals surface area (Å²) in [5.41, 5.74) is 0.737. The molecule has 0 spiro atoms. The summed E-state index contributed by atoms with van der Waals surface area (Å²) < 4.78 is 27.9. The first kappa shape index (κ1) is 18.3. The van der Waals surface area contributed by atoms with E-state index in [0.29, 0.717) is 17.2 Å². The molecule has 142 valence electrons. The van der Waals surface area contributed by atoms with Crippen molar-refractivity contribution < 1.29 is 13.2 Å². The molecule has 2 saturated carbocycles. The molecule has 7 heteroatoms. The van der Waals surface area contributed by atoms with Crippen LogP contribution in [0.15, 0.2) is 53.4 Å². The third kappa shape index (κ3) is 3.82. The molecule has 0 radical (unpaired) electrons. The summed E-state index contributed by atoms with van der Waals surface area (Å²) in [7, 11) is -3.90. The van der Waals surface area contributed by atoms with Crippen LogP contribution < -0.4 is 10.0 Å². The van der Waals surface area contributed by atoms with Gasteiger partial charge in [0.2, 0.25) is 0 Å². The molecule has 2 fully saturated rings. The number of fused-ring (bicyclic) bond motifs is 2. The number of benzene rings is 2. The number of halogens is 1. The van der Waals surface area contributed by atoms with E-state index in [1.165, 1.54) is 25.0 Å². The second-order valence-electron chi connectivity index (χ2n) is 7.37. The fraction of sp³-hybridized carbons (Fsp3) is 0.350. The molecule has 1 amide bonds.